The summed E-state index contributed by atoms with van der Waals surface area (Å²) in [6.07, 6.45) is 6.43. The lowest BCUT2D eigenvalue weighted by molar-refractivity contribution is 0.0943. The summed E-state index contributed by atoms with van der Waals surface area (Å²) in [4.78, 5) is 12.0. The maximum atomic E-state index is 12.0. The molecule has 1 fully saturated rings. The highest BCUT2D eigenvalue weighted by molar-refractivity contribution is 5.94. The van der Waals surface area contributed by atoms with Crippen LogP contribution < -0.4 is 11.1 Å². The molecule has 0 unspecified atom stereocenters. The van der Waals surface area contributed by atoms with E-state index in [-0.39, 0.29) is 5.91 Å². The minimum absolute atomic E-state index is 0.00825. The molecule has 0 atom stereocenters. The Morgan fingerprint density at radius 1 is 1.20 bits per heavy atom. The number of hydrogen-bond acceptors (Lipinski definition) is 2. The first-order chi connectivity index (χ1) is 9.79. The molecular formula is C17H22N2O. The number of nitrogens with one attached hydrogen (secondary N) is 1. The summed E-state index contributed by atoms with van der Waals surface area (Å²) in [6, 6.07) is 7.35. The van der Waals surface area contributed by atoms with E-state index in [0.29, 0.717) is 18.0 Å². The quantitative estimate of drug-likeness (QED) is 0.828. The standard InChI is InChI=1S/C17H22N2O/c18-12-4-7-14-8-10-16(11-9-14)17(20)19-13-15-5-2-1-3-6-15/h8-11,15H,1-3,5-6,12-13,18H2,(H,19,20). The van der Waals surface area contributed by atoms with Crippen molar-refractivity contribution in [1.82, 2.24) is 5.32 Å². The van der Waals surface area contributed by atoms with Crippen LogP contribution in [-0.2, 0) is 0 Å². The van der Waals surface area contributed by atoms with Crippen molar-refractivity contribution in [3.8, 4) is 11.8 Å². The van der Waals surface area contributed by atoms with Crippen molar-refractivity contribution in [2.75, 3.05) is 13.1 Å². The molecule has 3 N–H and O–H groups in total. The van der Waals surface area contributed by atoms with E-state index in [1.165, 1.54) is 32.1 Å². The van der Waals surface area contributed by atoms with Crippen molar-refractivity contribution >= 4 is 5.91 Å². The molecule has 0 heterocycles. The Hall–Kier alpha value is -1.79. The van der Waals surface area contributed by atoms with Gasteiger partial charge in [0, 0.05) is 17.7 Å². The highest BCUT2D eigenvalue weighted by atomic mass is 16.1. The monoisotopic (exact) mass is 270 g/mol. The molecule has 1 aromatic carbocycles. The maximum absolute atomic E-state index is 12.0. The summed E-state index contributed by atoms with van der Waals surface area (Å²) in [5.41, 5.74) is 6.91. The largest absolute Gasteiger partial charge is 0.352 e. The van der Waals surface area contributed by atoms with Crippen molar-refractivity contribution in [3.63, 3.8) is 0 Å². The zero-order valence-corrected chi connectivity index (χ0v) is 11.8. The smallest absolute Gasteiger partial charge is 0.251 e. The van der Waals surface area contributed by atoms with Gasteiger partial charge < -0.3 is 11.1 Å². The molecule has 0 spiro atoms. The third-order valence-corrected chi connectivity index (χ3v) is 3.76. The van der Waals surface area contributed by atoms with E-state index in [1.54, 1.807) is 0 Å². The van der Waals surface area contributed by atoms with Crippen LogP contribution in [0.5, 0.6) is 0 Å². The second-order valence-electron chi connectivity index (χ2n) is 5.30. The number of nitrogens with two attached hydrogens (primary N) is 1. The van der Waals surface area contributed by atoms with Crippen LogP contribution >= 0.6 is 0 Å². The first-order valence-corrected chi connectivity index (χ1v) is 7.37. The van der Waals surface area contributed by atoms with Gasteiger partial charge in [0.2, 0.25) is 0 Å². The van der Waals surface area contributed by atoms with Crippen LogP contribution in [0.25, 0.3) is 0 Å². The molecule has 0 bridgehead atoms. The van der Waals surface area contributed by atoms with Gasteiger partial charge in [-0.15, -0.1) is 0 Å². The number of rotatable bonds is 3. The van der Waals surface area contributed by atoms with Crippen molar-refractivity contribution in [2.24, 2.45) is 11.7 Å². The predicted molar refractivity (Wildman–Crippen MR) is 81.3 cm³/mol. The molecular weight excluding hydrogens is 248 g/mol. The van der Waals surface area contributed by atoms with Crippen LogP contribution in [0.3, 0.4) is 0 Å². The lowest BCUT2D eigenvalue weighted by atomic mass is 9.89. The first kappa shape index (κ1) is 14.6. The van der Waals surface area contributed by atoms with Gasteiger partial charge in [-0.25, -0.2) is 0 Å². The topological polar surface area (TPSA) is 55.1 Å². The molecule has 0 radical (unpaired) electrons. The second kappa shape index (κ2) is 7.72. The van der Waals surface area contributed by atoms with Gasteiger partial charge >= 0.3 is 0 Å². The van der Waals surface area contributed by atoms with Gasteiger partial charge in [-0.1, -0.05) is 31.1 Å². The molecule has 1 amide bonds. The number of carbonyl (C=O) groups is 1. The highest BCUT2D eigenvalue weighted by Gasteiger charge is 2.14. The fourth-order valence-electron chi connectivity index (χ4n) is 2.59. The molecule has 3 heteroatoms. The summed E-state index contributed by atoms with van der Waals surface area (Å²) < 4.78 is 0. The molecule has 1 aliphatic carbocycles. The predicted octanol–water partition coefficient (Wildman–Crippen LogP) is 2.31. The zero-order chi connectivity index (χ0) is 14.2. The maximum Gasteiger partial charge on any atom is 0.251 e. The van der Waals surface area contributed by atoms with Crippen molar-refractivity contribution in [2.45, 2.75) is 32.1 Å². The Morgan fingerprint density at radius 3 is 2.55 bits per heavy atom. The van der Waals surface area contributed by atoms with E-state index in [2.05, 4.69) is 17.2 Å². The fourth-order valence-corrected chi connectivity index (χ4v) is 2.59. The van der Waals surface area contributed by atoms with Gasteiger partial charge in [0.25, 0.3) is 5.91 Å². The van der Waals surface area contributed by atoms with Gasteiger partial charge in [0.05, 0.1) is 6.54 Å². The van der Waals surface area contributed by atoms with Crippen LogP contribution in [0.4, 0.5) is 0 Å². The van der Waals surface area contributed by atoms with Crippen LogP contribution in [0, 0.1) is 17.8 Å². The van der Waals surface area contributed by atoms with E-state index in [0.717, 1.165) is 12.1 Å². The van der Waals surface area contributed by atoms with E-state index >= 15 is 0 Å². The Balaban J connectivity index is 1.85. The average Bonchev–Trinajstić information content (AvgIpc) is 2.52. The summed E-state index contributed by atoms with van der Waals surface area (Å²) in [6.45, 7) is 1.15. The Kier molecular flexibility index (Phi) is 5.64. The fraction of sp³-hybridized carbons (Fsp3) is 0.471. The Bertz CT molecular complexity index is 490. The van der Waals surface area contributed by atoms with Crippen LogP contribution in [0.1, 0.15) is 48.0 Å². The van der Waals surface area contributed by atoms with Crippen molar-refractivity contribution in [1.29, 1.82) is 0 Å². The molecule has 3 nitrogen and oxygen atoms in total. The summed E-state index contributed by atoms with van der Waals surface area (Å²) in [7, 11) is 0. The van der Waals surface area contributed by atoms with E-state index in [1.807, 2.05) is 24.3 Å². The molecule has 20 heavy (non-hydrogen) atoms. The van der Waals surface area contributed by atoms with E-state index in [4.69, 9.17) is 5.73 Å². The SMILES string of the molecule is NCC#Cc1ccc(C(=O)NCC2CCCCC2)cc1. The van der Waals surface area contributed by atoms with Gasteiger partial charge in [-0.2, -0.15) is 0 Å². The Morgan fingerprint density at radius 2 is 1.90 bits per heavy atom. The molecule has 1 saturated carbocycles. The summed E-state index contributed by atoms with van der Waals surface area (Å²) in [5.74, 6) is 6.41. The average molecular weight is 270 g/mol. The first-order valence-electron chi connectivity index (χ1n) is 7.37. The lowest BCUT2D eigenvalue weighted by Gasteiger charge is -2.21. The number of carbonyl (C=O) groups excluding carboxylic acids is 1. The normalized spacial score (nSPS) is 15.2. The van der Waals surface area contributed by atoms with E-state index < -0.39 is 0 Å². The van der Waals surface area contributed by atoms with Gasteiger partial charge in [0.1, 0.15) is 0 Å². The molecule has 1 aliphatic rings. The van der Waals surface area contributed by atoms with Crippen LogP contribution in [-0.4, -0.2) is 19.0 Å². The molecule has 0 aromatic heterocycles. The van der Waals surface area contributed by atoms with Gasteiger partial charge in [-0.3, -0.25) is 4.79 Å². The zero-order valence-electron chi connectivity index (χ0n) is 11.8. The number of hydrogen-bond donors (Lipinski definition) is 2. The minimum atomic E-state index is 0.00825. The minimum Gasteiger partial charge on any atom is -0.352 e. The summed E-state index contributed by atoms with van der Waals surface area (Å²) in [5, 5.41) is 3.04. The van der Waals surface area contributed by atoms with Crippen LogP contribution in [0.15, 0.2) is 24.3 Å². The highest BCUT2D eigenvalue weighted by Crippen LogP contribution is 2.22. The summed E-state index contributed by atoms with van der Waals surface area (Å²) >= 11 is 0. The molecule has 1 aromatic rings. The molecule has 106 valence electrons. The third kappa shape index (κ3) is 4.40. The second-order valence-corrected chi connectivity index (χ2v) is 5.30. The number of benzene rings is 1. The van der Waals surface area contributed by atoms with Gasteiger partial charge in [0.15, 0.2) is 0 Å². The number of amides is 1. The van der Waals surface area contributed by atoms with Crippen molar-refractivity contribution in [3.05, 3.63) is 35.4 Å². The lowest BCUT2D eigenvalue weighted by Crippen LogP contribution is -2.30. The molecule has 2 rings (SSSR count). The molecule has 0 saturated heterocycles. The van der Waals surface area contributed by atoms with E-state index in [9.17, 15) is 4.79 Å². The Labute approximate surface area is 120 Å². The molecule has 0 aliphatic heterocycles. The van der Waals surface area contributed by atoms with Crippen LogP contribution in [0.2, 0.25) is 0 Å². The van der Waals surface area contributed by atoms with Crippen molar-refractivity contribution < 1.29 is 4.79 Å². The van der Waals surface area contributed by atoms with Gasteiger partial charge in [-0.05, 0) is 43.0 Å². The third-order valence-electron chi connectivity index (χ3n) is 3.76.